The van der Waals surface area contributed by atoms with Gasteiger partial charge in [0.1, 0.15) is 0 Å². The van der Waals surface area contributed by atoms with Crippen LogP contribution >= 0.6 is 0 Å². The van der Waals surface area contributed by atoms with E-state index in [2.05, 4.69) is 12.7 Å². The summed E-state index contributed by atoms with van der Waals surface area (Å²) < 4.78 is 33.7. The quantitative estimate of drug-likeness (QED) is 0.306. The van der Waals surface area contributed by atoms with E-state index < -0.39 is 20.8 Å². The molecule has 0 aromatic heterocycles. The van der Waals surface area contributed by atoms with Gasteiger partial charge in [0, 0.05) is 12.8 Å². The maximum absolute atomic E-state index is 12.0. The lowest BCUT2D eigenvalue weighted by atomic mass is 10.0. The maximum atomic E-state index is 12.0. The zero-order valence-corrected chi connectivity index (χ0v) is 17.2. The molecule has 0 amide bonds. The van der Waals surface area contributed by atoms with Gasteiger partial charge in [0.25, 0.3) is 0 Å². The van der Waals surface area contributed by atoms with Crippen molar-refractivity contribution >= 4 is 15.9 Å². The minimum Gasteiger partial charge on any atom is -0.743 e. The Hall–Kier alpha value is -0.460. The summed E-state index contributed by atoms with van der Waals surface area (Å²) in [6.07, 6.45) is 15.7. The summed E-state index contributed by atoms with van der Waals surface area (Å²) in [5.74, 6) is -0.534. The van der Waals surface area contributed by atoms with Crippen LogP contribution in [-0.2, 0) is 14.9 Å². The first-order chi connectivity index (χ1) is 11.8. The van der Waals surface area contributed by atoms with Crippen LogP contribution in [0.1, 0.15) is 110 Å². The summed E-state index contributed by atoms with van der Waals surface area (Å²) in [5.41, 5.74) is 3.39. The summed E-state index contributed by atoms with van der Waals surface area (Å²) in [6.45, 7) is 3.76. The molecule has 5 nitrogen and oxygen atoms in total. The summed E-state index contributed by atoms with van der Waals surface area (Å²) in [4.78, 5) is 10.0. The van der Waals surface area contributed by atoms with Crippen molar-refractivity contribution in [3.8, 4) is 0 Å². The lowest BCUT2D eigenvalue weighted by molar-refractivity contribution is -0.426. The zero-order valence-electron chi connectivity index (χ0n) is 16.4. The fourth-order valence-electron chi connectivity index (χ4n) is 3.04. The average Bonchev–Trinajstić information content (AvgIpc) is 2.56. The van der Waals surface area contributed by atoms with Crippen molar-refractivity contribution in [1.29, 1.82) is 0 Å². The minimum absolute atomic E-state index is 0.0594. The molecule has 0 spiro atoms. The van der Waals surface area contributed by atoms with Gasteiger partial charge in [-0.2, -0.15) is 0 Å². The molecule has 0 bridgehead atoms. The molecule has 0 aromatic carbocycles. The van der Waals surface area contributed by atoms with Gasteiger partial charge >= 0.3 is 0 Å². The van der Waals surface area contributed by atoms with Gasteiger partial charge in [-0.3, -0.25) is 4.79 Å². The van der Waals surface area contributed by atoms with Crippen molar-refractivity contribution in [2.45, 2.75) is 115 Å². The van der Waals surface area contributed by atoms with Crippen LogP contribution in [-0.4, -0.2) is 23.6 Å². The van der Waals surface area contributed by atoms with E-state index in [0.717, 1.165) is 19.3 Å². The first kappa shape index (κ1) is 24.5. The van der Waals surface area contributed by atoms with Crippen LogP contribution in [0, 0.1) is 0 Å². The SMILES string of the molecule is CCCCCCCCCCCCCCCC(=O)C([NH3+])(CC)S(=O)(=O)[O-]. The number of hydrogen-bond donors (Lipinski definition) is 1. The molecule has 0 radical (unpaired) electrons. The van der Waals surface area contributed by atoms with Gasteiger partial charge in [0.2, 0.25) is 10.7 Å². The number of quaternary nitrogens is 1. The monoisotopic (exact) mass is 377 g/mol. The highest BCUT2D eigenvalue weighted by atomic mass is 32.2. The molecule has 0 saturated carbocycles. The molecule has 0 heterocycles. The second-order valence-electron chi connectivity index (χ2n) is 7.22. The Balaban J connectivity index is 3.60. The van der Waals surface area contributed by atoms with Crippen molar-refractivity contribution < 1.29 is 23.5 Å². The average molecular weight is 378 g/mol. The summed E-state index contributed by atoms with van der Waals surface area (Å²) in [6, 6.07) is 0. The molecule has 150 valence electrons. The summed E-state index contributed by atoms with van der Waals surface area (Å²) in [7, 11) is -4.69. The number of carbonyl (C=O) groups excluding carboxylic acids is 1. The zero-order chi connectivity index (χ0) is 19.2. The molecule has 3 N–H and O–H groups in total. The molecule has 0 rings (SSSR count). The van der Waals surface area contributed by atoms with E-state index in [1.165, 1.54) is 64.7 Å². The topological polar surface area (TPSA) is 102 Å². The van der Waals surface area contributed by atoms with Crippen LogP contribution in [0.15, 0.2) is 0 Å². The molecule has 0 aromatic rings. The van der Waals surface area contributed by atoms with E-state index in [9.17, 15) is 17.8 Å². The van der Waals surface area contributed by atoms with Crippen LogP contribution in [0.3, 0.4) is 0 Å². The molecule has 6 heteroatoms. The van der Waals surface area contributed by atoms with Crippen molar-refractivity contribution in [3.63, 3.8) is 0 Å². The predicted octanol–water partition coefficient (Wildman–Crippen LogP) is 3.93. The fourth-order valence-corrected chi connectivity index (χ4v) is 3.78. The van der Waals surface area contributed by atoms with Crippen LogP contribution in [0.25, 0.3) is 0 Å². The third kappa shape index (κ3) is 10.3. The number of unbranched alkanes of at least 4 members (excludes halogenated alkanes) is 12. The van der Waals surface area contributed by atoms with E-state index >= 15 is 0 Å². The second-order valence-corrected chi connectivity index (χ2v) is 8.91. The maximum Gasteiger partial charge on any atom is 0.242 e. The van der Waals surface area contributed by atoms with Crippen molar-refractivity contribution in [1.82, 2.24) is 0 Å². The Morgan fingerprint density at radius 3 is 1.48 bits per heavy atom. The van der Waals surface area contributed by atoms with Gasteiger partial charge < -0.3 is 10.3 Å². The highest BCUT2D eigenvalue weighted by molar-refractivity contribution is 7.87. The van der Waals surface area contributed by atoms with Gasteiger partial charge in [-0.1, -0.05) is 90.9 Å². The second kappa shape index (κ2) is 13.7. The third-order valence-corrected chi connectivity index (χ3v) is 6.54. The van der Waals surface area contributed by atoms with Crippen LogP contribution < -0.4 is 5.73 Å². The molecule has 0 aliphatic carbocycles. The molecule has 25 heavy (non-hydrogen) atoms. The molecular weight excluding hydrogens is 338 g/mol. The summed E-state index contributed by atoms with van der Waals surface area (Å²) in [5, 5.41) is 0. The number of carbonyl (C=O) groups is 1. The lowest BCUT2D eigenvalue weighted by Crippen LogP contribution is -2.79. The largest absolute Gasteiger partial charge is 0.743 e. The van der Waals surface area contributed by atoms with Gasteiger partial charge in [0.15, 0.2) is 10.1 Å². The molecule has 1 unspecified atom stereocenters. The van der Waals surface area contributed by atoms with E-state index in [4.69, 9.17) is 0 Å². The number of ketones is 1. The molecule has 0 aliphatic rings. The molecule has 0 fully saturated rings. The van der Waals surface area contributed by atoms with Gasteiger partial charge in [-0.15, -0.1) is 0 Å². The number of Topliss-reactive ketones (excluding diaryl/α,β-unsaturated/α-hetero) is 1. The minimum atomic E-state index is -4.69. The van der Waals surface area contributed by atoms with Crippen molar-refractivity contribution in [2.75, 3.05) is 0 Å². The Labute approximate surface area is 154 Å². The van der Waals surface area contributed by atoms with E-state index in [0.29, 0.717) is 6.42 Å². The number of hydrogen-bond acceptors (Lipinski definition) is 4. The first-order valence-electron chi connectivity index (χ1n) is 10.1. The lowest BCUT2D eigenvalue weighted by Gasteiger charge is -2.25. The Bertz CT molecular complexity index is 450. The van der Waals surface area contributed by atoms with Gasteiger partial charge in [0.05, 0.1) is 0 Å². The van der Waals surface area contributed by atoms with Crippen molar-refractivity contribution in [2.24, 2.45) is 0 Å². The Kier molecular flexibility index (Phi) is 13.5. The van der Waals surface area contributed by atoms with Crippen molar-refractivity contribution in [3.05, 3.63) is 0 Å². The third-order valence-electron chi connectivity index (χ3n) is 5.07. The molecule has 0 saturated heterocycles. The highest BCUT2D eigenvalue weighted by Crippen LogP contribution is 2.18. The molecular formula is C19H39NO4S. The molecule has 0 aliphatic heterocycles. The normalized spacial score (nSPS) is 14.4. The van der Waals surface area contributed by atoms with Crippen LogP contribution in [0.2, 0.25) is 0 Å². The first-order valence-corrected chi connectivity index (χ1v) is 11.5. The van der Waals surface area contributed by atoms with Crippen LogP contribution in [0.5, 0.6) is 0 Å². The fraction of sp³-hybridized carbons (Fsp3) is 0.947. The molecule has 1 atom stereocenters. The standard InChI is InChI=1S/C19H39NO4S/c1-3-5-6-7-8-9-10-11-12-13-14-15-16-17-18(21)19(20,4-2)25(22,23)24/h3-17,20H2,1-2H3,(H,22,23,24). The number of rotatable bonds is 17. The Morgan fingerprint density at radius 1 is 0.800 bits per heavy atom. The van der Waals surface area contributed by atoms with Gasteiger partial charge in [-0.25, -0.2) is 8.42 Å². The van der Waals surface area contributed by atoms with E-state index in [1.807, 2.05) is 0 Å². The van der Waals surface area contributed by atoms with Crippen LogP contribution in [0.4, 0.5) is 0 Å². The van der Waals surface area contributed by atoms with E-state index in [1.54, 1.807) is 0 Å². The Morgan fingerprint density at radius 2 is 1.16 bits per heavy atom. The highest BCUT2D eigenvalue weighted by Gasteiger charge is 2.42. The van der Waals surface area contributed by atoms with Gasteiger partial charge in [-0.05, 0) is 6.42 Å². The predicted molar refractivity (Wildman–Crippen MR) is 101 cm³/mol. The van der Waals surface area contributed by atoms with E-state index in [-0.39, 0.29) is 12.8 Å². The smallest absolute Gasteiger partial charge is 0.242 e. The summed E-state index contributed by atoms with van der Waals surface area (Å²) >= 11 is 0.